The van der Waals surface area contributed by atoms with Crippen molar-refractivity contribution in [1.29, 1.82) is 0 Å². The molecule has 1 aromatic carbocycles. The smallest absolute Gasteiger partial charge is 0.226 e. The topological polar surface area (TPSA) is 90.0 Å². The highest BCUT2D eigenvalue weighted by molar-refractivity contribution is 7.88. The van der Waals surface area contributed by atoms with Crippen molar-refractivity contribution in [2.75, 3.05) is 52.6 Å². The maximum absolute atomic E-state index is 12.8. The fourth-order valence-electron chi connectivity index (χ4n) is 4.08. The normalized spacial score (nSPS) is 24.1. The number of sulfonamides is 1. The SMILES string of the molecule is Cc1ccc([C@H]2[C@@H](C(=O)NCCN3CCN(S(C)(=O)=O)CC3)CC(=O)N2C)cc1. The van der Waals surface area contributed by atoms with Gasteiger partial charge in [0.1, 0.15) is 0 Å². The van der Waals surface area contributed by atoms with E-state index in [0.29, 0.717) is 39.3 Å². The van der Waals surface area contributed by atoms with Crippen molar-refractivity contribution in [3.63, 3.8) is 0 Å². The highest BCUT2D eigenvalue weighted by Crippen LogP contribution is 2.37. The lowest BCUT2D eigenvalue weighted by Crippen LogP contribution is -2.50. The molecule has 0 radical (unpaired) electrons. The minimum absolute atomic E-state index is 0.0207. The maximum Gasteiger partial charge on any atom is 0.226 e. The molecule has 2 heterocycles. The Morgan fingerprint density at radius 2 is 1.76 bits per heavy atom. The van der Waals surface area contributed by atoms with E-state index in [4.69, 9.17) is 0 Å². The van der Waals surface area contributed by atoms with Gasteiger partial charge in [0, 0.05) is 52.7 Å². The molecular formula is C20H30N4O4S. The number of carbonyl (C=O) groups is 2. The molecule has 0 aliphatic carbocycles. The van der Waals surface area contributed by atoms with Gasteiger partial charge in [-0.25, -0.2) is 8.42 Å². The van der Waals surface area contributed by atoms with Gasteiger partial charge < -0.3 is 10.2 Å². The van der Waals surface area contributed by atoms with E-state index in [-0.39, 0.29) is 24.3 Å². The number of rotatable bonds is 6. The molecule has 160 valence electrons. The Bertz CT molecular complexity index is 848. The number of nitrogens with zero attached hydrogens (tertiary/aromatic N) is 3. The Morgan fingerprint density at radius 1 is 1.14 bits per heavy atom. The van der Waals surface area contributed by atoms with Crippen molar-refractivity contribution in [3.8, 4) is 0 Å². The lowest BCUT2D eigenvalue weighted by Gasteiger charge is -2.33. The van der Waals surface area contributed by atoms with E-state index in [1.165, 1.54) is 10.6 Å². The highest BCUT2D eigenvalue weighted by Gasteiger charge is 2.42. The number of benzene rings is 1. The molecule has 2 aliphatic heterocycles. The van der Waals surface area contributed by atoms with E-state index < -0.39 is 15.9 Å². The minimum atomic E-state index is -3.14. The molecule has 9 heteroatoms. The van der Waals surface area contributed by atoms with Crippen molar-refractivity contribution in [2.24, 2.45) is 5.92 Å². The van der Waals surface area contributed by atoms with E-state index in [1.807, 2.05) is 31.2 Å². The van der Waals surface area contributed by atoms with Gasteiger partial charge in [0.15, 0.2) is 0 Å². The summed E-state index contributed by atoms with van der Waals surface area (Å²) in [6.45, 7) is 5.41. The number of carbonyl (C=O) groups excluding carboxylic acids is 2. The van der Waals surface area contributed by atoms with Gasteiger partial charge in [-0.05, 0) is 12.5 Å². The fraction of sp³-hybridized carbons (Fsp3) is 0.600. The zero-order valence-electron chi connectivity index (χ0n) is 17.3. The van der Waals surface area contributed by atoms with Crippen LogP contribution in [0.2, 0.25) is 0 Å². The monoisotopic (exact) mass is 422 g/mol. The predicted octanol–water partition coefficient (Wildman–Crippen LogP) is 0.208. The third-order valence-corrected chi connectivity index (χ3v) is 7.17. The Kier molecular flexibility index (Phi) is 6.60. The van der Waals surface area contributed by atoms with E-state index in [1.54, 1.807) is 11.9 Å². The first-order chi connectivity index (χ1) is 13.7. The van der Waals surface area contributed by atoms with Crippen LogP contribution in [0.25, 0.3) is 0 Å². The summed E-state index contributed by atoms with van der Waals surface area (Å²) in [5.74, 6) is -0.534. The average molecular weight is 423 g/mol. The molecular weight excluding hydrogens is 392 g/mol. The first-order valence-electron chi connectivity index (χ1n) is 9.94. The van der Waals surface area contributed by atoms with E-state index in [0.717, 1.165) is 11.1 Å². The predicted molar refractivity (Wildman–Crippen MR) is 111 cm³/mol. The van der Waals surface area contributed by atoms with Crippen LogP contribution in [0.3, 0.4) is 0 Å². The van der Waals surface area contributed by atoms with Gasteiger partial charge in [-0.15, -0.1) is 0 Å². The van der Waals surface area contributed by atoms with Crippen LogP contribution in [0.5, 0.6) is 0 Å². The van der Waals surface area contributed by atoms with Gasteiger partial charge in [0.2, 0.25) is 21.8 Å². The molecule has 2 fully saturated rings. The standard InChI is InChI=1S/C20H30N4O4S/c1-15-4-6-16(7-5-15)19-17(14-18(25)22(19)2)20(26)21-8-9-23-10-12-24(13-11-23)29(3,27)28/h4-7,17,19H,8-14H2,1-3H3,(H,21,26)/t17-,19-/m0/s1. The number of hydrogen-bond donors (Lipinski definition) is 1. The number of amides is 2. The molecule has 2 amide bonds. The molecule has 1 N–H and O–H groups in total. The molecule has 0 spiro atoms. The molecule has 2 saturated heterocycles. The second-order valence-electron chi connectivity index (χ2n) is 7.97. The maximum atomic E-state index is 12.8. The van der Waals surface area contributed by atoms with Gasteiger partial charge >= 0.3 is 0 Å². The third kappa shape index (κ3) is 5.15. The van der Waals surface area contributed by atoms with Crippen LogP contribution in [0.15, 0.2) is 24.3 Å². The summed E-state index contributed by atoms with van der Waals surface area (Å²) in [5, 5.41) is 2.97. The number of hydrogen-bond acceptors (Lipinski definition) is 5. The molecule has 0 saturated carbocycles. The van der Waals surface area contributed by atoms with Crippen molar-refractivity contribution >= 4 is 21.8 Å². The lowest BCUT2D eigenvalue weighted by atomic mass is 9.92. The molecule has 0 aromatic heterocycles. The summed E-state index contributed by atoms with van der Waals surface area (Å²) in [5.41, 5.74) is 2.11. The van der Waals surface area contributed by atoms with Crippen LogP contribution in [-0.4, -0.2) is 86.9 Å². The summed E-state index contributed by atoms with van der Waals surface area (Å²) in [6, 6.07) is 7.71. The summed E-state index contributed by atoms with van der Waals surface area (Å²) in [7, 11) is -1.39. The third-order valence-electron chi connectivity index (χ3n) is 5.87. The van der Waals surface area contributed by atoms with Crippen LogP contribution in [0.1, 0.15) is 23.6 Å². The van der Waals surface area contributed by atoms with Gasteiger partial charge in [-0.2, -0.15) is 4.31 Å². The summed E-state index contributed by atoms with van der Waals surface area (Å²) in [4.78, 5) is 28.9. The van der Waals surface area contributed by atoms with E-state index in [2.05, 4.69) is 10.2 Å². The molecule has 2 atom stereocenters. The largest absolute Gasteiger partial charge is 0.354 e. The first kappa shape index (κ1) is 21.7. The summed E-state index contributed by atoms with van der Waals surface area (Å²) >= 11 is 0. The lowest BCUT2D eigenvalue weighted by molar-refractivity contribution is -0.128. The van der Waals surface area contributed by atoms with Crippen LogP contribution in [0, 0.1) is 12.8 Å². The van der Waals surface area contributed by atoms with Crippen LogP contribution in [0.4, 0.5) is 0 Å². The summed E-state index contributed by atoms with van der Waals surface area (Å²) in [6.07, 6.45) is 1.45. The van der Waals surface area contributed by atoms with Crippen molar-refractivity contribution in [1.82, 2.24) is 19.4 Å². The van der Waals surface area contributed by atoms with Gasteiger partial charge in [0.05, 0.1) is 18.2 Å². The van der Waals surface area contributed by atoms with Crippen LogP contribution < -0.4 is 5.32 Å². The first-order valence-corrected chi connectivity index (χ1v) is 11.8. The fourth-order valence-corrected chi connectivity index (χ4v) is 4.90. The molecule has 8 nitrogen and oxygen atoms in total. The van der Waals surface area contributed by atoms with Crippen LogP contribution in [-0.2, 0) is 19.6 Å². The second-order valence-corrected chi connectivity index (χ2v) is 9.95. The van der Waals surface area contributed by atoms with Crippen molar-refractivity contribution in [3.05, 3.63) is 35.4 Å². The highest BCUT2D eigenvalue weighted by atomic mass is 32.2. The number of piperazine rings is 1. The Labute approximate surface area is 172 Å². The Balaban J connectivity index is 1.53. The van der Waals surface area contributed by atoms with E-state index in [9.17, 15) is 18.0 Å². The zero-order chi connectivity index (χ0) is 21.2. The molecule has 1 aromatic rings. The second kappa shape index (κ2) is 8.81. The van der Waals surface area contributed by atoms with E-state index >= 15 is 0 Å². The molecule has 2 aliphatic rings. The number of nitrogens with one attached hydrogen (secondary N) is 1. The molecule has 0 unspecified atom stereocenters. The van der Waals surface area contributed by atoms with Crippen molar-refractivity contribution in [2.45, 2.75) is 19.4 Å². The van der Waals surface area contributed by atoms with Gasteiger partial charge in [-0.1, -0.05) is 29.8 Å². The molecule has 29 heavy (non-hydrogen) atoms. The minimum Gasteiger partial charge on any atom is -0.354 e. The van der Waals surface area contributed by atoms with Gasteiger partial charge in [0.25, 0.3) is 0 Å². The Morgan fingerprint density at radius 3 is 2.34 bits per heavy atom. The zero-order valence-corrected chi connectivity index (χ0v) is 18.1. The quantitative estimate of drug-likeness (QED) is 0.708. The average Bonchev–Trinajstić information content (AvgIpc) is 2.97. The van der Waals surface area contributed by atoms with Crippen molar-refractivity contribution < 1.29 is 18.0 Å². The van der Waals surface area contributed by atoms with Gasteiger partial charge in [-0.3, -0.25) is 14.5 Å². The number of aryl methyl sites for hydroxylation is 1. The van der Waals surface area contributed by atoms with Crippen LogP contribution >= 0.6 is 0 Å². The molecule has 3 rings (SSSR count). The Hall–Kier alpha value is -1.97. The summed E-state index contributed by atoms with van der Waals surface area (Å²) < 4.78 is 24.6. The number of likely N-dealkylation sites (tertiary alicyclic amines) is 1. The molecule has 0 bridgehead atoms.